The summed E-state index contributed by atoms with van der Waals surface area (Å²) in [5, 5.41) is 9.75. The summed E-state index contributed by atoms with van der Waals surface area (Å²) in [5.74, 6) is 1.34. The number of pyridine rings is 1. The molecular weight excluding hydrogens is 521 g/mol. The summed E-state index contributed by atoms with van der Waals surface area (Å²) in [6.07, 6.45) is 2.90. The van der Waals surface area contributed by atoms with E-state index < -0.39 is 10.0 Å². The van der Waals surface area contributed by atoms with Gasteiger partial charge in [0.2, 0.25) is 10.0 Å². The molecule has 1 spiro atoms. The van der Waals surface area contributed by atoms with E-state index in [9.17, 15) is 8.42 Å². The van der Waals surface area contributed by atoms with Gasteiger partial charge in [0.25, 0.3) is 0 Å². The average molecular weight is 546 g/mol. The van der Waals surface area contributed by atoms with E-state index in [-0.39, 0.29) is 17.7 Å². The van der Waals surface area contributed by atoms with Crippen LogP contribution in [0.2, 0.25) is 10.0 Å². The maximum absolute atomic E-state index is 11.6. The highest BCUT2D eigenvalue weighted by molar-refractivity contribution is 7.88. The van der Waals surface area contributed by atoms with Crippen LogP contribution >= 0.6 is 23.2 Å². The molecule has 0 amide bonds. The summed E-state index contributed by atoms with van der Waals surface area (Å²) < 4.78 is 30.7. The first-order chi connectivity index (χ1) is 17.0. The van der Waals surface area contributed by atoms with Gasteiger partial charge in [-0.15, -0.1) is 0 Å². The number of benzene rings is 2. The predicted molar refractivity (Wildman–Crippen MR) is 143 cm³/mol. The van der Waals surface area contributed by atoms with Crippen molar-refractivity contribution in [3.63, 3.8) is 0 Å². The Kier molecular flexibility index (Phi) is 6.36. The lowest BCUT2D eigenvalue weighted by Crippen LogP contribution is -2.73. The molecule has 0 bridgehead atoms. The first-order valence-corrected chi connectivity index (χ1v) is 13.9. The normalized spacial score (nSPS) is 16.9. The molecule has 0 radical (unpaired) electrons. The van der Waals surface area contributed by atoms with Crippen molar-refractivity contribution in [1.29, 1.82) is 5.41 Å². The number of nitrogens with two attached hydrogens (primary N) is 1. The maximum Gasteiger partial charge on any atom is 0.211 e. The van der Waals surface area contributed by atoms with E-state index in [1.165, 1.54) is 10.6 Å². The van der Waals surface area contributed by atoms with Gasteiger partial charge in [0.15, 0.2) is 0 Å². The van der Waals surface area contributed by atoms with Gasteiger partial charge in [-0.25, -0.2) is 17.7 Å². The highest BCUT2D eigenvalue weighted by atomic mass is 35.5. The minimum atomic E-state index is -3.12. The smallest absolute Gasteiger partial charge is 0.211 e. The fourth-order valence-electron chi connectivity index (χ4n) is 4.61. The standard InChI is InChI=1S/C25H25Cl2N5O3S/c1-36(33,34)32-14-25(15-32)12-31(13-25)23-8-5-16(10-30-23)24(29)18-9-17(6-7-22(18)28)35-11-19-20(26)3-2-4-21(19)27/h2-10,29H,11-15,28H2,1H3. The molecule has 3 aromatic rings. The first kappa shape index (κ1) is 24.8. The molecule has 2 saturated heterocycles. The minimum Gasteiger partial charge on any atom is -0.489 e. The van der Waals surface area contributed by atoms with Gasteiger partial charge < -0.3 is 15.4 Å². The number of aromatic nitrogens is 1. The van der Waals surface area contributed by atoms with Gasteiger partial charge in [0, 0.05) is 70.2 Å². The quantitative estimate of drug-likeness (QED) is 0.342. The molecule has 188 valence electrons. The molecule has 2 aliphatic rings. The lowest BCUT2D eigenvalue weighted by atomic mass is 9.74. The van der Waals surface area contributed by atoms with Gasteiger partial charge in [-0.1, -0.05) is 29.3 Å². The molecule has 11 heteroatoms. The van der Waals surface area contributed by atoms with Gasteiger partial charge in [0.1, 0.15) is 18.2 Å². The Morgan fingerprint density at radius 2 is 1.81 bits per heavy atom. The van der Waals surface area contributed by atoms with Crippen molar-refractivity contribution in [1.82, 2.24) is 9.29 Å². The number of anilines is 2. The Morgan fingerprint density at radius 1 is 1.11 bits per heavy atom. The zero-order chi connectivity index (χ0) is 25.7. The Bertz CT molecular complexity index is 1410. The van der Waals surface area contributed by atoms with Crippen molar-refractivity contribution in [3.8, 4) is 5.75 Å². The van der Waals surface area contributed by atoms with Crippen molar-refractivity contribution in [2.45, 2.75) is 6.61 Å². The van der Waals surface area contributed by atoms with E-state index in [4.69, 9.17) is 39.1 Å². The third-order valence-corrected chi connectivity index (χ3v) is 8.55. The molecule has 0 saturated carbocycles. The third kappa shape index (κ3) is 4.76. The van der Waals surface area contributed by atoms with Crippen molar-refractivity contribution < 1.29 is 13.2 Å². The van der Waals surface area contributed by atoms with E-state index in [2.05, 4.69) is 9.88 Å². The van der Waals surface area contributed by atoms with E-state index >= 15 is 0 Å². The first-order valence-electron chi connectivity index (χ1n) is 11.3. The van der Waals surface area contributed by atoms with Crippen LogP contribution in [-0.4, -0.2) is 55.9 Å². The lowest BCUT2D eigenvalue weighted by molar-refractivity contribution is 0.0395. The van der Waals surface area contributed by atoms with Gasteiger partial charge in [0.05, 0.1) is 12.0 Å². The van der Waals surface area contributed by atoms with Gasteiger partial charge >= 0.3 is 0 Å². The van der Waals surface area contributed by atoms with Crippen LogP contribution in [-0.2, 0) is 16.6 Å². The molecule has 2 aromatic carbocycles. The number of sulfonamides is 1. The minimum absolute atomic E-state index is 0.0270. The van der Waals surface area contributed by atoms with E-state index in [0.29, 0.717) is 51.3 Å². The van der Waals surface area contributed by atoms with Crippen LogP contribution in [0.1, 0.15) is 16.7 Å². The number of nitrogens with zero attached hydrogens (tertiary/aromatic N) is 3. The third-order valence-electron chi connectivity index (χ3n) is 6.64. The zero-order valence-electron chi connectivity index (χ0n) is 19.5. The molecule has 36 heavy (non-hydrogen) atoms. The summed E-state index contributed by atoms with van der Waals surface area (Å²) in [5.41, 5.74) is 8.73. The van der Waals surface area contributed by atoms with E-state index in [1.807, 2.05) is 12.1 Å². The summed E-state index contributed by atoms with van der Waals surface area (Å²) in [6, 6.07) is 14.2. The van der Waals surface area contributed by atoms with Crippen LogP contribution in [0.5, 0.6) is 5.75 Å². The second-order valence-electron chi connectivity index (χ2n) is 9.41. The number of ether oxygens (including phenoxy) is 1. The molecule has 1 aromatic heterocycles. The van der Waals surface area contributed by atoms with Gasteiger partial charge in [-0.3, -0.25) is 5.41 Å². The second kappa shape index (κ2) is 9.23. The fourth-order valence-corrected chi connectivity index (χ4v) is 6.13. The second-order valence-corrected chi connectivity index (χ2v) is 12.2. The summed E-state index contributed by atoms with van der Waals surface area (Å²) in [4.78, 5) is 6.66. The van der Waals surface area contributed by atoms with Crippen molar-refractivity contribution >= 4 is 50.4 Å². The maximum atomic E-state index is 11.6. The summed E-state index contributed by atoms with van der Waals surface area (Å²) in [6.45, 7) is 2.84. The number of nitrogens with one attached hydrogen (secondary N) is 1. The Labute approximate surface area is 220 Å². The summed E-state index contributed by atoms with van der Waals surface area (Å²) in [7, 11) is -3.12. The number of rotatable bonds is 7. The largest absolute Gasteiger partial charge is 0.489 e. The average Bonchev–Trinajstić information content (AvgIpc) is 2.77. The summed E-state index contributed by atoms with van der Waals surface area (Å²) >= 11 is 12.5. The molecule has 0 aliphatic carbocycles. The molecule has 8 nitrogen and oxygen atoms in total. The highest BCUT2D eigenvalue weighted by Crippen LogP contribution is 2.42. The molecule has 0 unspecified atom stereocenters. The topological polar surface area (TPSA) is 113 Å². The van der Waals surface area contributed by atoms with Crippen LogP contribution in [0, 0.1) is 10.8 Å². The zero-order valence-corrected chi connectivity index (χ0v) is 21.9. The van der Waals surface area contributed by atoms with Crippen molar-refractivity contribution in [2.24, 2.45) is 5.41 Å². The number of hydrogen-bond donors (Lipinski definition) is 2. The van der Waals surface area contributed by atoms with Crippen LogP contribution < -0.4 is 15.4 Å². The Morgan fingerprint density at radius 3 is 2.42 bits per heavy atom. The fraction of sp³-hybridized carbons (Fsp3) is 0.280. The van der Waals surface area contributed by atoms with Crippen molar-refractivity contribution in [2.75, 3.05) is 43.1 Å². The molecule has 5 rings (SSSR count). The molecule has 3 heterocycles. The molecule has 2 fully saturated rings. The number of nitrogen functional groups attached to an aromatic ring is 1. The Balaban J connectivity index is 1.24. The van der Waals surface area contributed by atoms with Gasteiger partial charge in [-0.2, -0.15) is 0 Å². The van der Waals surface area contributed by atoms with Crippen LogP contribution in [0.15, 0.2) is 54.7 Å². The van der Waals surface area contributed by atoms with Crippen molar-refractivity contribution in [3.05, 3.63) is 81.5 Å². The molecule has 3 N–H and O–H groups in total. The lowest BCUT2D eigenvalue weighted by Gasteiger charge is -2.59. The predicted octanol–water partition coefficient (Wildman–Crippen LogP) is 4.05. The van der Waals surface area contributed by atoms with E-state index in [1.54, 1.807) is 42.6 Å². The molecular formula is C25H25Cl2N5O3S. The van der Waals surface area contributed by atoms with Gasteiger partial charge in [-0.05, 0) is 42.5 Å². The Hall–Kier alpha value is -2.85. The number of hydrogen-bond acceptors (Lipinski definition) is 7. The highest BCUT2D eigenvalue weighted by Gasteiger charge is 2.54. The van der Waals surface area contributed by atoms with Crippen LogP contribution in [0.3, 0.4) is 0 Å². The monoisotopic (exact) mass is 545 g/mol. The van der Waals surface area contributed by atoms with E-state index in [0.717, 1.165) is 18.9 Å². The van der Waals surface area contributed by atoms with Crippen LogP contribution in [0.25, 0.3) is 0 Å². The molecule has 0 atom stereocenters. The van der Waals surface area contributed by atoms with Crippen LogP contribution in [0.4, 0.5) is 11.5 Å². The number of halogens is 2. The SMILES string of the molecule is CS(=O)(=O)N1CC2(CN(c3ccc(C(=N)c4cc(OCc5c(Cl)cccc5Cl)ccc4N)cn3)C2)C1. The molecule has 2 aliphatic heterocycles.